The van der Waals surface area contributed by atoms with Gasteiger partial charge in [-0.3, -0.25) is 0 Å². The second-order valence-electron chi connectivity index (χ2n) is 4.08. The molecule has 3 nitrogen and oxygen atoms in total. The van der Waals surface area contributed by atoms with Crippen molar-refractivity contribution in [1.29, 1.82) is 0 Å². The zero-order chi connectivity index (χ0) is 11.9. The largest absolute Gasteiger partial charge is 0.478 e. The SMILES string of the molecule is CC(C)c1cc2c(C(=O)O)c[nH]c2cc1Cl. The second kappa shape index (κ2) is 3.83. The molecule has 16 heavy (non-hydrogen) atoms. The van der Waals surface area contributed by atoms with Crippen LogP contribution < -0.4 is 0 Å². The molecule has 0 unspecified atom stereocenters. The highest BCUT2D eigenvalue weighted by atomic mass is 35.5. The quantitative estimate of drug-likeness (QED) is 0.838. The Labute approximate surface area is 98.0 Å². The normalized spacial score (nSPS) is 11.2. The standard InChI is InChI=1S/C12H12ClNO2/c1-6(2)7-3-8-9(12(15)16)5-14-11(8)4-10(7)13/h3-6,14H,1-2H3,(H,15,16). The first kappa shape index (κ1) is 11.0. The number of aromatic nitrogens is 1. The van der Waals surface area contributed by atoms with Crippen LogP contribution >= 0.6 is 11.6 Å². The summed E-state index contributed by atoms with van der Waals surface area (Å²) in [5, 5.41) is 10.4. The Balaban J connectivity index is 2.74. The topological polar surface area (TPSA) is 53.1 Å². The highest BCUT2D eigenvalue weighted by Gasteiger charge is 2.14. The third-order valence-corrected chi connectivity index (χ3v) is 2.98. The molecule has 84 valence electrons. The van der Waals surface area contributed by atoms with E-state index in [-0.39, 0.29) is 11.5 Å². The Bertz CT molecular complexity index is 557. The Morgan fingerprint density at radius 3 is 2.69 bits per heavy atom. The van der Waals surface area contributed by atoms with Gasteiger partial charge in [-0.1, -0.05) is 25.4 Å². The van der Waals surface area contributed by atoms with Crippen LogP contribution in [0.3, 0.4) is 0 Å². The van der Waals surface area contributed by atoms with E-state index in [1.807, 2.05) is 19.9 Å². The zero-order valence-electron chi connectivity index (χ0n) is 9.04. The Hall–Kier alpha value is -1.48. The monoisotopic (exact) mass is 237 g/mol. The molecule has 0 fully saturated rings. The summed E-state index contributed by atoms with van der Waals surface area (Å²) in [5.41, 5.74) is 2.01. The molecular formula is C12H12ClNO2. The number of hydrogen-bond acceptors (Lipinski definition) is 1. The number of aromatic amines is 1. The molecule has 1 aromatic carbocycles. The first-order chi connectivity index (χ1) is 7.50. The molecule has 0 spiro atoms. The summed E-state index contributed by atoms with van der Waals surface area (Å²) < 4.78 is 0. The highest BCUT2D eigenvalue weighted by Crippen LogP contribution is 2.30. The molecule has 0 aliphatic heterocycles. The van der Waals surface area contributed by atoms with Crippen molar-refractivity contribution in [3.8, 4) is 0 Å². The fourth-order valence-corrected chi connectivity index (χ4v) is 2.16. The summed E-state index contributed by atoms with van der Waals surface area (Å²) in [7, 11) is 0. The van der Waals surface area contributed by atoms with Crippen molar-refractivity contribution in [2.75, 3.05) is 0 Å². The minimum atomic E-state index is -0.928. The first-order valence-corrected chi connectivity index (χ1v) is 5.42. The molecule has 1 aromatic heterocycles. The van der Waals surface area contributed by atoms with Gasteiger partial charge in [-0.25, -0.2) is 4.79 Å². The van der Waals surface area contributed by atoms with Gasteiger partial charge in [0.05, 0.1) is 5.56 Å². The summed E-state index contributed by atoms with van der Waals surface area (Å²) in [4.78, 5) is 13.9. The molecular weight excluding hydrogens is 226 g/mol. The number of fused-ring (bicyclic) bond motifs is 1. The number of carboxylic acid groups (broad SMARTS) is 1. The fourth-order valence-electron chi connectivity index (χ4n) is 1.78. The summed E-state index contributed by atoms with van der Waals surface area (Å²) >= 11 is 6.12. The molecule has 2 rings (SSSR count). The van der Waals surface area contributed by atoms with Crippen LogP contribution in [0.15, 0.2) is 18.3 Å². The minimum absolute atomic E-state index is 0.272. The molecule has 0 radical (unpaired) electrons. The van der Waals surface area contributed by atoms with Gasteiger partial charge in [-0.15, -0.1) is 0 Å². The van der Waals surface area contributed by atoms with E-state index < -0.39 is 5.97 Å². The van der Waals surface area contributed by atoms with Gasteiger partial charge in [0, 0.05) is 22.1 Å². The van der Waals surface area contributed by atoms with Crippen LogP contribution in [0.25, 0.3) is 10.9 Å². The lowest BCUT2D eigenvalue weighted by atomic mass is 10.0. The summed E-state index contributed by atoms with van der Waals surface area (Å²) in [5.74, 6) is -0.656. The van der Waals surface area contributed by atoms with Crippen LogP contribution in [-0.4, -0.2) is 16.1 Å². The smallest absolute Gasteiger partial charge is 0.337 e. The number of rotatable bonds is 2. The molecule has 0 saturated carbocycles. The Morgan fingerprint density at radius 1 is 1.44 bits per heavy atom. The van der Waals surface area contributed by atoms with Crippen LogP contribution in [-0.2, 0) is 0 Å². The maximum Gasteiger partial charge on any atom is 0.337 e. The van der Waals surface area contributed by atoms with Gasteiger partial charge in [-0.2, -0.15) is 0 Å². The van der Waals surface area contributed by atoms with E-state index in [4.69, 9.17) is 16.7 Å². The van der Waals surface area contributed by atoms with Crippen molar-refractivity contribution in [3.63, 3.8) is 0 Å². The molecule has 0 aliphatic rings. The number of hydrogen-bond donors (Lipinski definition) is 2. The van der Waals surface area contributed by atoms with E-state index in [2.05, 4.69) is 4.98 Å². The second-order valence-corrected chi connectivity index (χ2v) is 4.49. The maximum absolute atomic E-state index is 11.0. The molecule has 0 bridgehead atoms. The van der Waals surface area contributed by atoms with E-state index in [0.29, 0.717) is 10.4 Å². The Kier molecular flexibility index (Phi) is 2.64. The van der Waals surface area contributed by atoms with E-state index in [9.17, 15) is 4.79 Å². The van der Waals surface area contributed by atoms with Crippen LogP contribution in [0.5, 0.6) is 0 Å². The Morgan fingerprint density at radius 2 is 2.12 bits per heavy atom. The molecule has 2 N–H and O–H groups in total. The third kappa shape index (κ3) is 1.67. The molecule has 4 heteroatoms. The number of carboxylic acids is 1. The fraction of sp³-hybridized carbons (Fsp3) is 0.250. The number of carbonyl (C=O) groups is 1. The molecule has 0 amide bonds. The van der Waals surface area contributed by atoms with Crippen LogP contribution in [0, 0.1) is 0 Å². The maximum atomic E-state index is 11.0. The van der Waals surface area contributed by atoms with Crippen molar-refractivity contribution in [3.05, 3.63) is 34.5 Å². The number of aromatic carboxylic acids is 1. The van der Waals surface area contributed by atoms with Gasteiger partial charge >= 0.3 is 5.97 Å². The lowest BCUT2D eigenvalue weighted by Gasteiger charge is -2.08. The summed E-state index contributed by atoms with van der Waals surface area (Å²) in [6.45, 7) is 4.06. The minimum Gasteiger partial charge on any atom is -0.478 e. The first-order valence-electron chi connectivity index (χ1n) is 5.04. The van der Waals surface area contributed by atoms with Gasteiger partial charge < -0.3 is 10.1 Å². The summed E-state index contributed by atoms with van der Waals surface area (Å²) in [6, 6.07) is 3.63. The number of H-pyrrole nitrogens is 1. The number of benzene rings is 1. The van der Waals surface area contributed by atoms with Crippen molar-refractivity contribution in [1.82, 2.24) is 4.98 Å². The lowest BCUT2D eigenvalue weighted by molar-refractivity contribution is 0.0699. The average molecular weight is 238 g/mol. The lowest BCUT2D eigenvalue weighted by Crippen LogP contribution is -1.95. The van der Waals surface area contributed by atoms with Crippen LogP contribution in [0.1, 0.15) is 35.7 Å². The van der Waals surface area contributed by atoms with Crippen molar-refractivity contribution in [2.24, 2.45) is 0 Å². The van der Waals surface area contributed by atoms with E-state index in [1.54, 1.807) is 6.07 Å². The van der Waals surface area contributed by atoms with Crippen molar-refractivity contribution >= 4 is 28.5 Å². The van der Waals surface area contributed by atoms with Crippen LogP contribution in [0.4, 0.5) is 0 Å². The van der Waals surface area contributed by atoms with Crippen molar-refractivity contribution < 1.29 is 9.90 Å². The molecule has 0 saturated heterocycles. The molecule has 0 aliphatic carbocycles. The predicted molar refractivity (Wildman–Crippen MR) is 64.4 cm³/mol. The summed E-state index contributed by atoms with van der Waals surface area (Å²) in [6.07, 6.45) is 1.49. The van der Waals surface area contributed by atoms with E-state index in [1.165, 1.54) is 6.20 Å². The third-order valence-electron chi connectivity index (χ3n) is 2.65. The molecule has 2 aromatic rings. The highest BCUT2D eigenvalue weighted by molar-refractivity contribution is 6.32. The zero-order valence-corrected chi connectivity index (χ0v) is 9.80. The van der Waals surface area contributed by atoms with Crippen LogP contribution in [0.2, 0.25) is 5.02 Å². The molecule has 0 atom stereocenters. The van der Waals surface area contributed by atoms with E-state index in [0.717, 1.165) is 11.1 Å². The number of nitrogens with one attached hydrogen (secondary N) is 1. The average Bonchev–Trinajstić information content (AvgIpc) is 2.58. The van der Waals surface area contributed by atoms with Gasteiger partial charge in [0.15, 0.2) is 0 Å². The molecule has 1 heterocycles. The van der Waals surface area contributed by atoms with E-state index >= 15 is 0 Å². The van der Waals surface area contributed by atoms with Gasteiger partial charge in [0.2, 0.25) is 0 Å². The van der Waals surface area contributed by atoms with Gasteiger partial charge in [-0.05, 0) is 23.6 Å². The van der Waals surface area contributed by atoms with Crippen molar-refractivity contribution in [2.45, 2.75) is 19.8 Å². The van der Waals surface area contributed by atoms with Gasteiger partial charge in [0.1, 0.15) is 0 Å². The van der Waals surface area contributed by atoms with Gasteiger partial charge in [0.25, 0.3) is 0 Å². The predicted octanol–water partition coefficient (Wildman–Crippen LogP) is 3.64. The number of halogens is 1.